The highest BCUT2D eigenvalue weighted by molar-refractivity contribution is 7.99. The number of anilines is 1. The lowest BCUT2D eigenvalue weighted by Gasteiger charge is -2.36. The van der Waals surface area contributed by atoms with Gasteiger partial charge in [-0.05, 0) is 6.92 Å². The number of hydrogen-bond acceptors (Lipinski definition) is 6. The number of aromatic nitrogens is 2. The SMILES string of the molecule is Cc1nc(N2CCOC(C(=O)N3CCSCC3)C2)cc(C(F)(F)F)n1. The largest absolute Gasteiger partial charge is 0.433 e. The fourth-order valence-corrected chi connectivity index (χ4v) is 3.76. The fourth-order valence-electron chi connectivity index (χ4n) is 2.85. The van der Waals surface area contributed by atoms with Crippen molar-refractivity contribution in [3.05, 3.63) is 17.6 Å². The van der Waals surface area contributed by atoms with E-state index in [1.165, 1.54) is 6.92 Å². The van der Waals surface area contributed by atoms with Crippen molar-refractivity contribution in [2.24, 2.45) is 0 Å². The zero-order valence-corrected chi connectivity index (χ0v) is 14.6. The maximum atomic E-state index is 13.0. The van der Waals surface area contributed by atoms with E-state index >= 15 is 0 Å². The van der Waals surface area contributed by atoms with Gasteiger partial charge in [0.1, 0.15) is 17.3 Å². The summed E-state index contributed by atoms with van der Waals surface area (Å²) in [5, 5.41) is 0. The van der Waals surface area contributed by atoms with Crippen LogP contribution < -0.4 is 4.90 Å². The van der Waals surface area contributed by atoms with E-state index in [9.17, 15) is 18.0 Å². The van der Waals surface area contributed by atoms with Crippen LogP contribution in [0.3, 0.4) is 0 Å². The lowest BCUT2D eigenvalue weighted by molar-refractivity contribution is -0.144. The number of alkyl halides is 3. The van der Waals surface area contributed by atoms with Gasteiger partial charge >= 0.3 is 6.18 Å². The lowest BCUT2D eigenvalue weighted by Crippen LogP contribution is -2.53. The van der Waals surface area contributed by atoms with Crippen molar-refractivity contribution in [1.82, 2.24) is 14.9 Å². The van der Waals surface area contributed by atoms with Gasteiger partial charge in [0.05, 0.1) is 13.2 Å². The van der Waals surface area contributed by atoms with Gasteiger partial charge in [-0.15, -0.1) is 0 Å². The summed E-state index contributed by atoms with van der Waals surface area (Å²) in [5.74, 6) is 1.90. The van der Waals surface area contributed by atoms with Gasteiger partial charge in [-0.3, -0.25) is 4.79 Å². The van der Waals surface area contributed by atoms with Gasteiger partial charge in [0.25, 0.3) is 5.91 Å². The first-order chi connectivity index (χ1) is 11.8. The molecule has 2 aliphatic heterocycles. The Morgan fingerprint density at radius 3 is 2.68 bits per heavy atom. The second-order valence-electron chi connectivity index (χ2n) is 5.90. The van der Waals surface area contributed by atoms with Crippen molar-refractivity contribution in [3.63, 3.8) is 0 Å². The Morgan fingerprint density at radius 2 is 2.00 bits per heavy atom. The standard InChI is InChI=1S/C15H19F3N4O2S/c1-10-19-12(15(16,17)18)8-13(20-10)22-2-5-24-11(9-22)14(23)21-3-6-25-7-4-21/h8,11H,2-7,9H2,1H3. The van der Waals surface area contributed by atoms with E-state index in [4.69, 9.17) is 4.74 Å². The molecule has 0 aliphatic carbocycles. The number of thioether (sulfide) groups is 1. The van der Waals surface area contributed by atoms with Crippen molar-refractivity contribution >= 4 is 23.5 Å². The Bertz CT molecular complexity index is 638. The Hall–Kier alpha value is -1.55. The van der Waals surface area contributed by atoms with Crippen molar-refractivity contribution in [1.29, 1.82) is 0 Å². The molecule has 0 radical (unpaired) electrons. The van der Waals surface area contributed by atoms with Crippen molar-refractivity contribution in [2.45, 2.75) is 19.2 Å². The minimum Gasteiger partial charge on any atom is -0.365 e. The molecule has 1 aromatic rings. The Kier molecular flexibility index (Phi) is 5.38. The molecule has 138 valence electrons. The van der Waals surface area contributed by atoms with Gasteiger partial charge in [-0.1, -0.05) is 0 Å². The topological polar surface area (TPSA) is 58.6 Å². The molecule has 0 saturated carbocycles. The number of carbonyl (C=O) groups is 1. The van der Waals surface area contributed by atoms with Gasteiger partial charge in [0.2, 0.25) is 0 Å². The van der Waals surface area contributed by atoms with Crippen LogP contribution in [0.4, 0.5) is 19.0 Å². The molecule has 1 amide bonds. The number of amides is 1. The fraction of sp³-hybridized carbons (Fsp3) is 0.667. The van der Waals surface area contributed by atoms with Gasteiger partial charge < -0.3 is 14.5 Å². The maximum Gasteiger partial charge on any atom is 0.433 e. The number of halogens is 3. The molecule has 0 aromatic carbocycles. The number of ether oxygens (including phenoxy) is 1. The highest BCUT2D eigenvalue weighted by Crippen LogP contribution is 2.30. The average Bonchev–Trinajstić information content (AvgIpc) is 2.61. The summed E-state index contributed by atoms with van der Waals surface area (Å²) in [7, 11) is 0. The predicted octanol–water partition coefficient (Wildman–Crippen LogP) is 1.58. The van der Waals surface area contributed by atoms with Crippen LogP contribution in [0.5, 0.6) is 0 Å². The van der Waals surface area contributed by atoms with E-state index in [0.29, 0.717) is 19.6 Å². The Balaban J connectivity index is 1.75. The highest BCUT2D eigenvalue weighted by atomic mass is 32.2. The molecule has 3 rings (SSSR count). The zero-order chi connectivity index (χ0) is 18.0. The molecule has 0 N–H and O–H groups in total. The van der Waals surface area contributed by atoms with Crippen LogP contribution in [0.25, 0.3) is 0 Å². The summed E-state index contributed by atoms with van der Waals surface area (Å²) in [4.78, 5) is 23.6. The molecule has 0 spiro atoms. The molecule has 2 aliphatic rings. The molecule has 25 heavy (non-hydrogen) atoms. The second kappa shape index (κ2) is 7.36. The first-order valence-electron chi connectivity index (χ1n) is 8.00. The summed E-state index contributed by atoms with van der Waals surface area (Å²) in [6.07, 6.45) is -5.21. The molecule has 1 aromatic heterocycles. The summed E-state index contributed by atoms with van der Waals surface area (Å²) in [6.45, 7) is 3.61. The first kappa shape index (κ1) is 18.2. The third-order valence-corrected chi connectivity index (χ3v) is 5.05. The number of morpholine rings is 1. The summed E-state index contributed by atoms with van der Waals surface area (Å²) in [5.41, 5.74) is -0.975. The third-order valence-electron chi connectivity index (χ3n) is 4.10. The average molecular weight is 376 g/mol. The van der Waals surface area contributed by atoms with Crippen LogP contribution in [0.15, 0.2) is 6.07 Å². The molecular weight excluding hydrogens is 357 g/mol. The van der Waals surface area contributed by atoms with Crippen LogP contribution in [-0.4, -0.2) is 71.2 Å². The van der Waals surface area contributed by atoms with Gasteiger partial charge in [0, 0.05) is 37.2 Å². The van der Waals surface area contributed by atoms with Crippen LogP contribution in [0.2, 0.25) is 0 Å². The molecule has 6 nitrogen and oxygen atoms in total. The number of nitrogens with zero attached hydrogens (tertiary/aromatic N) is 4. The first-order valence-corrected chi connectivity index (χ1v) is 9.16. The lowest BCUT2D eigenvalue weighted by atomic mass is 10.2. The van der Waals surface area contributed by atoms with Crippen molar-refractivity contribution in [3.8, 4) is 0 Å². The summed E-state index contributed by atoms with van der Waals surface area (Å²) >= 11 is 1.80. The van der Waals surface area contributed by atoms with Gasteiger partial charge in [0.15, 0.2) is 6.10 Å². The van der Waals surface area contributed by atoms with Crippen LogP contribution >= 0.6 is 11.8 Å². The van der Waals surface area contributed by atoms with Crippen molar-refractivity contribution < 1.29 is 22.7 Å². The summed E-state index contributed by atoms with van der Waals surface area (Å²) in [6, 6.07) is 0.928. The normalized spacial score (nSPS) is 22.2. The van der Waals surface area contributed by atoms with E-state index in [1.807, 2.05) is 0 Å². The molecule has 3 heterocycles. The van der Waals surface area contributed by atoms with E-state index in [-0.39, 0.29) is 30.7 Å². The molecule has 1 atom stereocenters. The third kappa shape index (κ3) is 4.35. The number of hydrogen-bond donors (Lipinski definition) is 0. The van der Waals surface area contributed by atoms with Crippen LogP contribution in [0, 0.1) is 6.92 Å². The van der Waals surface area contributed by atoms with Crippen LogP contribution in [-0.2, 0) is 15.7 Å². The van der Waals surface area contributed by atoms with E-state index in [2.05, 4.69) is 9.97 Å². The van der Waals surface area contributed by atoms with Crippen LogP contribution in [0.1, 0.15) is 11.5 Å². The monoisotopic (exact) mass is 376 g/mol. The number of aryl methyl sites for hydroxylation is 1. The van der Waals surface area contributed by atoms with Crippen molar-refractivity contribution in [2.75, 3.05) is 49.2 Å². The van der Waals surface area contributed by atoms with E-state index in [1.54, 1.807) is 21.6 Å². The molecule has 2 fully saturated rings. The minimum absolute atomic E-state index is 0.0484. The maximum absolute atomic E-state index is 13.0. The molecular formula is C15H19F3N4O2S. The quantitative estimate of drug-likeness (QED) is 0.781. The van der Waals surface area contributed by atoms with E-state index < -0.39 is 18.0 Å². The molecule has 2 saturated heterocycles. The summed E-state index contributed by atoms with van der Waals surface area (Å²) < 4.78 is 44.5. The van der Waals surface area contributed by atoms with Gasteiger partial charge in [-0.25, -0.2) is 9.97 Å². The zero-order valence-electron chi connectivity index (χ0n) is 13.8. The number of carbonyl (C=O) groups excluding carboxylic acids is 1. The Morgan fingerprint density at radius 1 is 1.28 bits per heavy atom. The van der Waals surface area contributed by atoms with E-state index in [0.717, 1.165) is 17.6 Å². The Labute approximate surface area is 147 Å². The highest BCUT2D eigenvalue weighted by Gasteiger charge is 2.35. The molecule has 0 bridgehead atoms. The molecule has 1 unspecified atom stereocenters. The second-order valence-corrected chi connectivity index (χ2v) is 7.12. The number of rotatable bonds is 2. The predicted molar refractivity (Wildman–Crippen MR) is 87.6 cm³/mol. The smallest absolute Gasteiger partial charge is 0.365 e. The van der Waals surface area contributed by atoms with Gasteiger partial charge in [-0.2, -0.15) is 24.9 Å². The minimum atomic E-state index is -4.53. The molecule has 10 heteroatoms.